The summed E-state index contributed by atoms with van der Waals surface area (Å²) in [6.45, 7) is 6.94. The molecule has 1 aromatic carbocycles. The minimum Gasteiger partial charge on any atom is -0.542 e. The number of terminal acetylenes is 1. The van der Waals surface area contributed by atoms with Crippen LogP contribution in [0.25, 0.3) is 0 Å². The Hall–Kier alpha value is -4.08. The third kappa shape index (κ3) is 10.4. The highest BCUT2D eigenvalue weighted by Crippen LogP contribution is 2.34. The fraction of sp³-hybridized carbons (Fsp3) is 0.552. The van der Waals surface area contributed by atoms with E-state index in [2.05, 4.69) is 12.8 Å². The van der Waals surface area contributed by atoms with Crippen LogP contribution in [0.15, 0.2) is 24.3 Å². The summed E-state index contributed by atoms with van der Waals surface area (Å²) in [4.78, 5) is 50.6. The molecule has 10 nitrogen and oxygen atoms in total. The summed E-state index contributed by atoms with van der Waals surface area (Å²) >= 11 is 0. The number of unbranched alkanes of at least 4 members (excludes halogenated alkanes) is 1. The molecular formula is C29H39F3N4O6. The number of hydrogen-bond donors (Lipinski definition) is 3. The van der Waals surface area contributed by atoms with Crippen molar-refractivity contribution in [2.24, 2.45) is 17.1 Å². The summed E-state index contributed by atoms with van der Waals surface area (Å²) in [5.74, 6) is -1.24. The van der Waals surface area contributed by atoms with E-state index in [-0.39, 0.29) is 36.5 Å². The van der Waals surface area contributed by atoms with E-state index in [0.29, 0.717) is 43.5 Å². The van der Waals surface area contributed by atoms with Crippen LogP contribution >= 0.6 is 0 Å². The molecule has 1 atom stereocenters. The van der Waals surface area contributed by atoms with Gasteiger partial charge in [-0.05, 0) is 63.3 Å². The summed E-state index contributed by atoms with van der Waals surface area (Å²) < 4.78 is 31.5. The molecule has 0 saturated carbocycles. The van der Waals surface area contributed by atoms with Gasteiger partial charge in [0.15, 0.2) is 0 Å². The number of carboxylic acids is 2. The van der Waals surface area contributed by atoms with E-state index in [0.717, 1.165) is 12.8 Å². The lowest BCUT2D eigenvalue weighted by atomic mass is 9.78. The largest absolute Gasteiger partial charge is 0.542 e. The number of piperidine rings is 1. The molecule has 1 fully saturated rings. The second kappa shape index (κ2) is 15.8. The standard InChI is InChI=1S/C27H38N4O4.C2HF3O2/c1-5-7-8-22(27(3,4)26(35)30-16-13-19(14-17-30)18-23(32)33)31(15-6-2)25(34)21-11-9-20(10-12-21)24(28)29;3-2(4,5)1(6)7/h2,9-12,19,22H,5,7-8,13-18H2,1,3-4H3,(H3,28,29)(H,32,33);(H,6,7). The number of carbonyl (C=O) groups is 4. The number of benzene rings is 1. The van der Waals surface area contributed by atoms with Crippen molar-refractivity contribution in [2.45, 2.75) is 71.5 Å². The Bertz CT molecular complexity index is 1150. The first kappa shape index (κ1) is 35.9. The number of amidine groups is 1. The van der Waals surface area contributed by atoms with Crippen LogP contribution in [0, 0.1) is 23.7 Å². The van der Waals surface area contributed by atoms with Gasteiger partial charge in [-0.2, -0.15) is 13.2 Å². The Morgan fingerprint density at radius 3 is 2.07 bits per heavy atom. The van der Waals surface area contributed by atoms with Crippen LogP contribution in [0.4, 0.5) is 13.2 Å². The number of amides is 2. The van der Waals surface area contributed by atoms with Crippen molar-refractivity contribution in [1.82, 2.24) is 9.80 Å². The van der Waals surface area contributed by atoms with E-state index >= 15 is 0 Å². The summed E-state index contributed by atoms with van der Waals surface area (Å²) in [5.41, 5.74) is 5.85. The fourth-order valence-electron chi connectivity index (χ4n) is 4.83. The SMILES string of the molecule is C#CCN(C(=O)c1ccc(C(N)=[NH2+])cc1)C(CCCC)C(C)(C)C(=O)N1CCC(CC(=O)O)CC1.O=C([O-])C(F)(F)F. The van der Waals surface area contributed by atoms with E-state index in [1.807, 2.05) is 18.7 Å². The second-order valence-electron chi connectivity index (χ2n) is 10.7. The molecule has 0 aromatic heterocycles. The quantitative estimate of drug-likeness (QED) is 0.193. The summed E-state index contributed by atoms with van der Waals surface area (Å²) in [5, 5.41) is 23.5. The number of carboxylic acid groups (broad SMARTS) is 2. The first-order chi connectivity index (χ1) is 19.5. The van der Waals surface area contributed by atoms with Crippen molar-refractivity contribution in [3.05, 3.63) is 35.4 Å². The topological polar surface area (TPSA) is 170 Å². The number of hydrogen-bond acceptors (Lipinski definition) is 5. The molecule has 5 N–H and O–H groups in total. The average Bonchev–Trinajstić information content (AvgIpc) is 2.91. The first-order valence-electron chi connectivity index (χ1n) is 13.5. The third-order valence-corrected chi connectivity index (χ3v) is 7.18. The van der Waals surface area contributed by atoms with Crippen molar-refractivity contribution in [1.29, 1.82) is 0 Å². The van der Waals surface area contributed by atoms with Gasteiger partial charge < -0.3 is 24.8 Å². The van der Waals surface area contributed by atoms with Crippen LogP contribution in [-0.4, -0.2) is 76.3 Å². The number of nitrogens with two attached hydrogens (primary N) is 2. The van der Waals surface area contributed by atoms with Gasteiger partial charge in [0.1, 0.15) is 5.97 Å². The van der Waals surface area contributed by atoms with Gasteiger partial charge in [0, 0.05) is 31.1 Å². The Morgan fingerprint density at radius 1 is 1.17 bits per heavy atom. The maximum absolute atomic E-state index is 13.7. The molecule has 0 radical (unpaired) electrons. The Kier molecular flexibility index (Phi) is 13.5. The van der Waals surface area contributed by atoms with Crippen LogP contribution in [0.2, 0.25) is 0 Å². The van der Waals surface area contributed by atoms with Gasteiger partial charge in [-0.25, -0.2) is 0 Å². The molecule has 232 valence electrons. The zero-order valence-electron chi connectivity index (χ0n) is 24.1. The van der Waals surface area contributed by atoms with Crippen LogP contribution in [-0.2, 0) is 14.4 Å². The normalized spacial score (nSPS) is 14.5. The predicted molar refractivity (Wildman–Crippen MR) is 146 cm³/mol. The lowest BCUT2D eigenvalue weighted by Gasteiger charge is -2.44. The predicted octanol–water partition coefficient (Wildman–Crippen LogP) is 0.823. The van der Waals surface area contributed by atoms with Crippen molar-refractivity contribution in [3.63, 3.8) is 0 Å². The second-order valence-corrected chi connectivity index (χ2v) is 10.7. The Morgan fingerprint density at radius 2 is 1.67 bits per heavy atom. The molecule has 1 unspecified atom stereocenters. The third-order valence-electron chi connectivity index (χ3n) is 7.18. The number of halogens is 3. The molecule has 0 bridgehead atoms. The van der Waals surface area contributed by atoms with Crippen LogP contribution in [0.3, 0.4) is 0 Å². The van der Waals surface area contributed by atoms with Gasteiger partial charge in [-0.1, -0.05) is 25.7 Å². The van der Waals surface area contributed by atoms with Gasteiger partial charge in [-0.15, -0.1) is 6.42 Å². The molecule has 2 rings (SSSR count). The Balaban J connectivity index is 0.00000112. The zero-order chi connectivity index (χ0) is 32.3. The lowest BCUT2D eigenvalue weighted by molar-refractivity contribution is -0.344. The molecule has 2 amide bonds. The van der Waals surface area contributed by atoms with E-state index in [1.165, 1.54) is 0 Å². The van der Waals surface area contributed by atoms with E-state index in [1.54, 1.807) is 29.2 Å². The highest BCUT2D eigenvalue weighted by molar-refractivity contribution is 5.97. The van der Waals surface area contributed by atoms with Crippen molar-refractivity contribution in [2.75, 3.05) is 19.6 Å². The van der Waals surface area contributed by atoms with E-state index in [9.17, 15) is 27.6 Å². The minimum atomic E-state index is -5.19. The molecular weight excluding hydrogens is 557 g/mol. The van der Waals surface area contributed by atoms with Gasteiger partial charge >= 0.3 is 12.1 Å². The summed E-state index contributed by atoms with van der Waals surface area (Å²) in [6.07, 6.45) is 4.32. The number of alkyl halides is 3. The summed E-state index contributed by atoms with van der Waals surface area (Å²) in [6, 6.07) is 6.31. The fourth-order valence-corrected chi connectivity index (χ4v) is 4.83. The molecule has 1 heterocycles. The molecule has 1 aromatic rings. The molecule has 1 aliphatic rings. The van der Waals surface area contributed by atoms with E-state index < -0.39 is 29.6 Å². The van der Waals surface area contributed by atoms with Crippen LogP contribution in [0.5, 0.6) is 0 Å². The highest BCUT2D eigenvalue weighted by Gasteiger charge is 2.44. The molecule has 1 aliphatic heterocycles. The summed E-state index contributed by atoms with van der Waals surface area (Å²) in [7, 11) is 0. The number of carbonyl (C=O) groups excluding carboxylic acids is 3. The first-order valence-corrected chi connectivity index (χ1v) is 13.5. The molecule has 13 heteroatoms. The highest BCUT2D eigenvalue weighted by atomic mass is 19.4. The maximum Gasteiger partial charge on any atom is 0.430 e. The molecule has 0 spiro atoms. The van der Waals surface area contributed by atoms with Gasteiger partial charge in [0.05, 0.1) is 17.5 Å². The number of aliphatic carboxylic acids is 2. The van der Waals surface area contributed by atoms with Gasteiger partial charge in [-0.3, -0.25) is 25.5 Å². The minimum absolute atomic E-state index is 0.0388. The molecule has 42 heavy (non-hydrogen) atoms. The van der Waals surface area contributed by atoms with Crippen molar-refractivity contribution < 1.29 is 48.0 Å². The monoisotopic (exact) mass is 596 g/mol. The molecule has 1 saturated heterocycles. The van der Waals surface area contributed by atoms with Crippen LogP contribution < -0.4 is 16.2 Å². The maximum atomic E-state index is 13.7. The van der Waals surface area contributed by atoms with Crippen LogP contribution in [0.1, 0.15) is 75.2 Å². The van der Waals surface area contributed by atoms with Crippen molar-refractivity contribution in [3.8, 4) is 12.3 Å². The molecule has 0 aliphatic carbocycles. The number of rotatable bonds is 11. The van der Waals surface area contributed by atoms with Gasteiger partial charge in [0.25, 0.3) is 11.7 Å². The smallest absolute Gasteiger partial charge is 0.430 e. The zero-order valence-corrected chi connectivity index (χ0v) is 24.1. The number of nitrogens with zero attached hydrogens (tertiary/aromatic N) is 2. The van der Waals surface area contributed by atoms with Crippen molar-refractivity contribution >= 4 is 29.6 Å². The average molecular weight is 597 g/mol. The van der Waals surface area contributed by atoms with E-state index in [4.69, 9.17) is 32.6 Å². The number of likely N-dealkylation sites (tertiary alicyclic amines) is 1. The Labute approximate surface area is 243 Å². The van der Waals surface area contributed by atoms with Gasteiger partial charge in [0.2, 0.25) is 5.91 Å². The lowest BCUT2D eigenvalue weighted by Crippen LogP contribution is -2.56.